The Hall–Kier alpha value is -0.810. The molecule has 1 unspecified atom stereocenters. The van der Waals surface area contributed by atoms with Crippen LogP contribution in [0.2, 0.25) is 0 Å². The molecule has 0 saturated carbocycles. The maximum absolute atomic E-state index is 11.1. The van der Waals surface area contributed by atoms with Crippen LogP contribution < -0.4 is 0 Å². The Labute approximate surface area is 81.5 Å². The molecule has 0 aliphatic heterocycles. The fourth-order valence-electron chi connectivity index (χ4n) is 1.53. The van der Waals surface area contributed by atoms with Crippen molar-refractivity contribution >= 4 is 6.29 Å². The van der Waals surface area contributed by atoms with E-state index in [1.807, 2.05) is 13.8 Å². The first-order valence-electron chi connectivity index (χ1n) is 5.00. The van der Waals surface area contributed by atoms with Gasteiger partial charge < -0.3 is 4.79 Å². The van der Waals surface area contributed by atoms with Crippen LogP contribution in [0, 0.1) is 5.41 Å². The van der Waals surface area contributed by atoms with E-state index >= 15 is 0 Å². The lowest BCUT2D eigenvalue weighted by Crippen LogP contribution is -2.22. The molecule has 1 heteroatoms. The molecule has 13 heavy (non-hydrogen) atoms. The van der Waals surface area contributed by atoms with Gasteiger partial charge in [0.05, 0.1) is 5.41 Å². The highest BCUT2D eigenvalue weighted by Gasteiger charge is 2.28. The van der Waals surface area contributed by atoms with Gasteiger partial charge in [0, 0.05) is 0 Å². The molecule has 0 amide bonds. The van der Waals surface area contributed by atoms with Gasteiger partial charge in [-0.3, -0.25) is 0 Å². The smallest absolute Gasteiger partial charge is 0.130 e. The van der Waals surface area contributed by atoms with Crippen molar-refractivity contribution in [3.05, 3.63) is 17.9 Å². The highest BCUT2D eigenvalue weighted by molar-refractivity contribution is 5.64. The summed E-state index contributed by atoms with van der Waals surface area (Å²) in [7, 11) is 0. The van der Waals surface area contributed by atoms with E-state index in [1.165, 1.54) is 0 Å². The molecule has 1 nitrogen and oxygen atoms in total. The molecule has 0 heterocycles. The molecule has 1 atom stereocenters. The second kappa shape index (κ2) is 5.77. The average molecular weight is 180 g/mol. The van der Waals surface area contributed by atoms with Crippen molar-refractivity contribution in [3.63, 3.8) is 0 Å². The molecule has 0 radical (unpaired) electrons. The van der Waals surface area contributed by atoms with Crippen molar-refractivity contribution in [1.82, 2.24) is 0 Å². The zero-order chi connectivity index (χ0) is 10.3. The van der Waals surface area contributed by atoms with E-state index in [4.69, 9.17) is 0 Å². The summed E-state index contributed by atoms with van der Waals surface area (Å²) >= 11 is 0. The molecule has 0 fully saturated rings. The van der Waals surface area contributed by atoms with Gasteiger partial charge in [-0.05, 0) is 25.3 Å². The van der Waals surface area contributed by atoms with Crippen LogP contribution in [0.4, 0.5) is 0 Å². The molecule has 0 rings (SSSR count). The molecular formula is C12H20O. The maximum atomic E-state index is 11.1. The molecule has 0 aromatic carbocycles. The van der Waals surface area contributed by atoms with Crippen LogP contribution >= 0.6 is 0 Å². The Morgan fingerprint density at radius 2 is 2.15 bits per heavy atom. The third kappa shape index (κ3) is 2.86. The number of aldehydes is 1. The quantitative estimate of drug-likeness (QED) is 0.451. The Kier molecular flexibility index (Phi) is 5.41. The largest absolute Gasteiger partial charge is 0.302 e. The third-order valence-corrected chi connectivity index (χ3v) is 2.84. The zero-order valence-electron chi connectivity index (χ0n) is 9.02. The first-order valence-corrected chi connectivity index (χ1v) is 5.00. The first kappa shape index (κ1) is 12.2. The molecule has 0 aliphatic rings. The predicted octanol–water partition coefficient (Wildman–Crippen LogP) is 3.50. The van der Waals surface area contributed by atoms with E-state index in [-0.39, 0.29) is 5.41 Å². The standard InChI is InChI=1S/C12H20O/c1-5-8-9-12(7-3,10-13)11(4)6-2/h10H,2,5,7-9H2,1,3-4H3. The van der Waals surface area contributed by atoms with Crippen LogP contribution in [0.5, 0.6) is 0 Å². The summed E-state index contributed by atoms with van der Waals surface area (Å²) < 4.78 is 0. The van der Waals surface area contributed by atoms with E-state index in [0.717, 1.165) is 37.5 Å². The first-order chi connectivity index (χ1) is 6.16. The lowest BCUT2D eigenvalue weighted by Gasteiger charge is -2.26. The van der Waals surface area contributed by atoms with Gasteiger partial charge in [-0.2, -0.15) is 0 Å². The molecule has 0 aromatic heterocycles. The van der Waals surface area contributed by atoms with Crippen molar-refractivity contribution < 1.29 is 4.79 Å². The van der Waals surface area contributed by atoms with Crippen LogP contribution in [-0.2, 0) is 4.79 Å². The minimum atomic E-state index is -0.294. The summed E-state index contributed by atoms with van der Waals surface area (Å²) in [5.41, 5.74) is 3.54. The lowest BCUT2D eigenvalue weighted by atomic mass is 9.76. The van der Waals surface area contributed by atoms with E-state index in [0.29, 0.717) is 0 Å². The highest BCUT2D eigenvalue weighted by Crippen LogP contribution is 2.33. The average Bonchev–Trinajstić information content (AvgIpc) is 2.19. The van der Waals surface area contributed by atoms with Gasteiger partial charge in [-0.25, -0.2) is 0 Å². The molecular weight excluding hydrogens is 160 g/mol. The normalized spacial score (nSPS) is 14.4. The summed E-state index contributed by atoms with van der Waals surface area (Å²) in [6.07, 6.45) is 5.06. The number of carbonyl (C=O) groups is 1. The second-order valence-electron chi connectivity index (χ2n) is 3.53. The SMILES string of the molecule is C=C=C(C)C(C=O)(CC)CCCC. The molecule has 0 saturated heterocycles. The van der Waals surface area contributed by atoms with Crippen LogP contribution in [0.1, 0.15) is 46.5 Å². The number of allylic oxidation sites excluding steroid dienone is 1. The van der Waals surface area contributed by atoms with E-state index < -0.39 is 0 Å². The van der Waals surface area contributed by atoms with Crippen LogP contribution in [0.15, 0.2) is 17.9 Å². The molecule has 0 bridgehead atoms. The van der Waals surface area contributed by atoms with Crippen LogP contribution in [0.3, 0.4) is 0 Å². The van der Waals surface area contributed by atoms with Crippen molar-refractivity contribution in [2.24, 2.45) is 5.41 Å². The molecule has 0 aliphatic carbocycles. The summed E-state index contributed by atoms with van der Waals surface area (Å²) in [4.78, 5) is 11.1. The number of hydrogen-bond donors (Lipinski definition) is 0. The minimum absolute atomic E-state index is 0.294. The molecule has 0 aromatic rings. The number of carbonyl (C=O) groups excluding carboxylic acids is 1. The summed E-state index contributed by atoms with van der Waals surface area (Å²) in [6.45, 7) is 9.74. The van der Waals surface area contributed by atoms with Crippen LogP contribution in [0.25, 0.3) is 0 Å². The van der Waals surface area contributed by atoms with Gasteiger partial charge in [0.25, 0.3) is 0 Å². The lowest BCUT2D eigenvalue weighted by molar-refractivity contribution is -0.115. The predicted molar refractivity (Wildman–Crippen MR) is 56.6 cm³/mol. The monoisotopic (exact) mass is 180 g/mol. The topological polar surface area (TPSA) is 17.1 Å². The maximum Gasteiger partial charge on any atom is 0.130 e. The van der Waals surface area contributed by atoms with Crippen molar-refractivity contribution in [2.45, 2.75) is 46.5 Å². The molecule has 0 spiro atoms. The Bertz CT molecular complexity index is 211. The van der Waals surface area contributed by atoms with Gasteiger partial charge in [-0.1, -0.05) is 33.3 Å². The second-order valence-corrected chi connectivity index (χ2v) is 3.53. The minimum Gasteiger partial charge on any atom is -0.302 e. The number of hydrogen-bond acceptors (Lipinski definition) is 1. The summed E-state index contributed by atoms with van der Waals surface area (Å²) in [6, 6.07) is 0. The zero-order valence-corrected chi connectivity index (χ0v) is 9.02. The molecule has 74 valence electrons. The van der Waals surface area contributed by atoms with E-state index in [1.54, 1.807) is 0 Å². The van der Waals surface area contributed by atoms with E-state index in [9.17, 15) is 4.79 Å². The fourth-order valence-corrected chi connectivity index (χ4v) is 1.53. The highest BCUT2D eigenvalue weighted by atomic mass is 16.1. The van der Waals surface area contributed by atoms with Gasteiger partial charge in [-0.15, -0.1) is 5.73 Å². The third-order valence-electron chi connectivity index (χ3n) is 2.84. The van der Waals surface area contributed by atoms with Crippen molar-refractivity contribution in [3.8, 4) is 0 Å². The van der Waals surface area contributed by atoms with Crippen molar-refractivity contribution in [2.75, 3.05) is 0 Å². The Morgan fingerprint density at radius 3 is 2.46 bits per heavy atom. The van der Waals surface area contributed by atoms with Gasteiger partial charge in [0.2, 0.25) is 0 Å². The van der Waals surface area contributed by atoms with Gasteiger partial charge in [0.15, 0.2) is 0 Å². The Morgan fingerprint density at radius 1 is 1.54 bits per heavy atom. The van der Waals surface area contributed by atoms with Crippen LogP contribution in [-0.4, -0.2) is 6.29 Å². The summed E-state index contributed by atoms with van der Waals surface area (Å²) in [5.74, 6) is 0. The van der Waals surface area contributed by atoms with Gasteiger partial charge in [0.1, 0.15) is 6.29 Å². The molecule has 0 N–H and O–H groups in total. The number of rotatable bonds is 6. The summed E-state index contributed by atoms with van der Waals surface area (Å²) in [5, 5.41) is 0. The Balaban J connectivity index is 4.69. The fraction of sp³-hybridized carbons (Fsp3) is 0.667. The van der Waals surface area contributed by atoms with Crippen molar-refractivity contribution in [1.29, 1.82) is 0 Å². The van der Waals surface area contributed by atoms with E-state index in [2.05, 4.69) is 19.2 Å². The van der Waals surface area contributed by atoms with Gasteiger partial charge >= 0.3 is 0 Å². The number of unbranched alkanes of at least 4 members (excludes halogenated alkanes) is 1.